The second-order valence-electron chi connectivity index (χ2n) is 3.49. The lowest BCUT2D eigenvalue weighted by Gasteiger charge is -2.26. The van der Waals surface area contributed by atoms with Crippen molar-refractivity contribution in [2.45, 2.75) is 13.0 Å². The van der Waals surface area contributed by atoms with Crippen molar-refractivity contribution in [3.63, 3.8) is 0 Å². The molecular weight excluding hydrogens is 215 g/mol. The van der Waals surface area contributed by atoms with Crippen LogP contribution in [0, 0.1) is 5.82 Å². The van der Waals surface area contributed by atoms with Gasteiger partial charge in [-0.2, -0.15) is 0 Å². The van der Waals surface area contributed by atoms with Crippen molar-refractivity contribution in [1.29, 1.82) is 0 Å². The topological polar surface area (TPSA) is 29.3 Å². The zero-order valence-electron chi connectivity index (χ0n) is 9.00. The first-order valence-corrected chi connectivity index (χ1v) is 5.33. The van der Waals surface area contributed by atoms with Gasteiger partial charge in [-0.05, 0) is 31.8 Å². The highest BCUT2D eigenvalue weighted by Crippen LogP contribution is 2.24. The third kappa shape index (κ3) is 2.91. The van der Waals surface area contributed by atoms with Crippen LogP contribution < -0.4 is 5.73 Å². The standard InChI is InChI=1S/C11H16ClFN2/c1-3-15(2)11(7-14)9-6-8(12)4-5-10(9)13/h4-6,11H,3,7,14H2,1-2H3. The lowest BCUT2D eigenvalue weighted by Crippen LogP contribution is -2.31. The number of hydrogen-bond donors (Lipinski definition) is 1. The molecule has 0 bridgehead atoms. The molecule has 0 spiro atoms. The fourth-order valence-electron chi connectivity index (χ4n) is 1.53. The van der Waals surface area contributed by atoms with Crippen LogP contribution in [-0.4, -0.2) is 25.0 Å². The average Bonchev–Trinajstić information content (AvgIpc) is 2.23. The summed E-state index contributed by atoms with van der Waals surface area (Å²) in [6.07, 6.45) is 0. The van der Waals surface area contributed by atoms with Gasteiger partial charge in [-0.1, -0.05) is 18.5 Å². The van der Waals surface area contributed by atoms with Crippen LogP contribution in [0.4, 0.5) is 4.39 Å². The molecule has 1 rings (SSSR count). The maximum Gasteiger partial charge on any atom is 0.128 e. The summed E-state index contributed by atoms with van der Waals surface area (Å²) in [5.41, 5.74) is 6.21. The average molecular weight is 231 g/mol. The predicted molar refractivity (Wildman–Crippen MR) is 61.5 cm³/mol. The molecule has 1 aromatic carbocycles. The van der Waals surface area contributed by atoms with Crippen molar-refractivity contribution in [1.82, 2.24) is 4.90 Å². The molecule has 0 fully saturated rings. The molecule has 0 radical (unpaired) electrons. The Morgan fingerprint density at radius 2 is 2.20 bits per heavy atom. The van der Waals surface area contributed by atoms with Gasteiger partial charge in [0.1, 0.15) is 5.82 Å². The van der Waals surface area contributed by atoms with Crippen LogP contribution >= 0.6 is 11.6 Å². The van der Waals surface area contributed by atoms with Crippen LogP contribution in [0.3, 0.4) is 0 Å². The summed E-state index contributed by atoms with van der Waals surface area (Å²) >= 11 is 5.84. The van der Waals surface area contributed by atoms with Crippen molar-refractivity contribution in [2.24, 2.45) is 5.73 Å². The largest absolute Gasteiger partial charge is 0.329 e. The molecule has 0 amide bonds. The lowest BCUT2D eigenvalue weighted by molar-refractivity contribution is 0.258. The van der Waals surface area contributed by atoms with E-state index in [1.165, 1.54) is 6.07 Å². The van der Waals surface area contributed by atoms with Gasteiger partial charge in [-0.25, -0.2) is 4.39 Å². The molecule has 0 saturated heterocycles. The van der Waals surface area contributed by atoms with Crippen molar-refractivity contribution < 1.29 is 4.39 Å². The van der Waals surface area contributed by atoms with Crippen LogP contribution in [0.15, 0.2) is 18.2 Å². The molecule has 0 aliphatic carbocycles. The first-order chi connectivity index (χ1) is 7.10. The van der Waals surface area contributed by atoms with E-state index in [1.54, 1.807) is 12.1 Å². The summed E-state index contributed by atoms with van der Waals surface area (Å²) in [4.78, 5) is 1.99. The Bertz CT molecular complexity index is 330. The third-order valence-corrected chi connectivity index (χ3v) is 2.81. The molecule has 0 heterocycles. The number of hydrogen-bond acceptors (Lipinski definition) is 2. The predicted octanol–water partition coefficient (Wildman–Crippen LogP) is 2.43. The molecule has 1 unspecified atom stereocenters. The maximum atomic E-state index is 13.6. The van der Waals surface area contributed by atoms with E-state index in [2.05, 4.69) is 0 Å². The second-order valence-corrected chi connectivity index (χ2v) is 3.93. The fourth-order valence-corrected chi connectivity index (χ4v) is 1.72. The highest BCUT2D eigenvalue weighted by atomic mass is 35.5. The van der Waals surface area contributed by atoms with Crippen LogP contribution in [0.5, 0.6) is 0 Å². The Morgan fingerprint density at radius 1 is 1.53 bits per heavy atom. The first-order valence-electron chi connectivity index (χ1n) is 4.95. The van der Waals surface area contributed by atoms with Gasteiger partial charge in [-0.15, -0.1) is 0 Å². The SMILES string of the molecule is CCN(C)C(CN)c1cc(Cl)ccc1F. The van der Waals surface area contributed by atoms with E-state index in [9.17, 15) is 4.39 Å². The van der Waals surface area contributed by atoms with Gasteiger partial charge in [-0.3, -0.25) is 4.90 Å². The van der Waals surface area contributed by atoms with Gasteiger partial charge >= 0.3 is 0 Å². The van der Waals surface area contributed by atoms with Crippen molar-refractivity contribution in [3.8, 4) is 0 Å². The third-order valence-electron chi connectivity index (χ3n) is 2.57. The van der Waals surface area contributed by atoms with Crippen LogP contribution in [0.25, 0.3) is 0 Å². The van der Waals surface area contributed by atoms with Gasteiger partial charge in [0.2, 0.25) is 0 Å². The fraction of sp³-hybridized carbons (Fsp3) is 0.455. The summed E-state index contributed by atoms with van der Waals surface area (Å²) in [5, 5.41) is 0.536. The lowest BCUT2D eigenvalue weighted by atomic mass is 10.1. The monoisotopic (exact) mass is 230 g/mol. The molecule has 0 aliphatic rings. The van der Waals surface area contributed by atoms with Gasteiger partial charge in [0.25, 0.3) is 0 Å². The summed E-state index contributed by atoms with van der Waals surface area (Å²) in [6, 6.07) is 4.44. The summed E-state index contributed by atoms with van der Waals surface area (Å²) in [5.74, 6) is -0.254. The maximum absolute atomic E-state index is 13.6. The second kappa shape index (κ2) is 5.45. The molecule has 15 heavy (non-hydrogen) atoms. The molecule has 1 aromatic rings. The molecule has 4 heteroatoms. The van der Waals surface area contributed by atoms with E-state index in [4.69, 9.17) is 17.3 Å². The molecule has 2 nitrogen and oxygen atoms in total. The molecule has 2 N–H and O–H groups in total. The Labute approximate surface area is 94.8 Å². The number of benzene rings is 1. The Kier molecular flexibility index (Phi) is 4.51. The minimum atomic E-state index is -0.254. The minimum absolute atomic E-state index is 0.117. The Balaban J connectivity index is 3.05. The number of nitrogens with zero attached hydrogens (tertiary/aromatic N) is 1. The van der Waals surface area contributed by atoms with Crippen LogP contribution in [0.1, 0.15) is 18.5 Å². The Hall–Kier alpha value is -0.640. The molecule has 0 aliphatic heterocycles. The van der Waals surface area contributed by atoms with Crippen molar-refractivity contribution in [2.75, 3.05) is 20.1 Å². The zero-order chi connectivity index (χ0) is 11.4. The van der Waals surface area contributed by atoms with E-state index in [1.807, 2.05) is 18.9 Å². The highest BCUT2D eigenvalue weighted by molar-refractivity contribution is 6.30. The minimum Gasteiger partial charge on any atom is -0.329 e. The zero-order valence-corrected chi connectivity index (χ0v) is 9.76. The van der Waals surface area contributed by atoms with Crippen molar-refractivity contribution >= 4 is 11.6 Å². The van der Waals surface area contributed by atoms with Crippen LogP contribution in [-0.2, 0) is 0 Å². The van der Waals surface area contributed by atoms with E-state index >= 15 is 0 Å². The van der Waals surface area contributed by atoms with Gasteiger partial charge < -0.3 is 5.73 Å². The van der Waals surface area contributed by atoms with E-state index < -0.39 is 0 Å². The normalized spacial score (nSPS) is 13.2. The van der Waals surface area contributed by atoms with Crippen molar-refractivity contribution in [3.05, 3.63) is 34.6 Å². The molecule has 0 aromatic heterocycles. The number of rotatable bonds is 4. The summed E-state index contributed by atoms with van der Waals surface area (Å²) in [7, 11) is 1.91. The smallest absolute Gasteiger partial charge is 0.128 e. The number of nitrogens with two attached hydrogens (primary N) is 1. The molecule has 0 saturated carbocycles. The molecule has 84 valence electrons. The number of likely N-dealkylation sites (N-methyl/N-ethyl adjacent to an activating group) is 1. The van der Waals surface area contributed by atoms with Crippen LogP contribution in [0.2, 0.25) is 5.02 Å². The van der Waals surface area contributed by atoms with Gasteiger partial charge in [0.15, 0.2) is 0 Å². The number of halogens is 2. The van der Waals surface area contributed by atoms with E-state index in [-0.39, 0.29) is 11.9 Å². The Morgan fingerprint density at radius 3 is 2.73 bits per heavy atom. The summed E-state index contributed by atoms with van der Waals surface area (Å²) in [6.45, 7) is 3.19. The van der Waals surface area contributed by atoms with E-state index in [0.717, 1.165) is 6.54 Å². The van der Waals surface area contributed by atoms with E-state index in [0.29, 0.717) is 17.1 Å². The van der Waals surface area contributed by atoms with Gasteiger partial charge in [0, 0.05) is 23.2 Å². The van der Waals surface area contributed by atoms with Gasteiger partial charge in [0.05, 0.1) is 0 Å². The molecule has 1 atom stereocenters. The summed E-state index contributed by atoms with van der Waals surface area (Å²) < 4.78 is 13.6. The quantitative estimate of drug-likeness (QED) is 0.861. The molecular formula is C11H16ClFN2. The first kappa shape index (κ1) is 12.4. The highest BCUT2D eigenvalue weighted by Gasteiger charge is 2.18.